The molecule has 6 nitrogen and oxygen atoms in total. The molecule has 0 spiro atoms. The second-order valence-corrected chi connectivity index (χ2v) is 8.34. The molecule has 180 valence electrons. The average molecular weight is 506 g/mol. The van der Waals surface area contributed by atoms with Crippen LogP contribution in [0, 0.1) is 0 Å². The van der Waals surface area contributed by atoms with Crippen molar-refractivity contribution in [3.05, 3.63) is 96.2 Å². The Morgan fingerprint density at radius 3 is 2.39 bits per heavy atom. The molecule has 10 heteroatoms. The number of nitrogens with one attached hydrogen (secondary N) is 4. The highest BCUT2D eigenvalue weighted by molar-refractivity contribution is 7.80. The number of thiocarbonyl (C=S) groups is 1. The number of amides is 1. The maximum absolute atomic E-state index is 13.0. The number of anilines is 1. The van der Waals surface area contributed by atoms with E-state index in [0.717, 1.165) is 39.5 Å². The van der Waals surface area contributed by atoms with Crippen LogP contribution in [0.1, 0.15) is 16.1 Å². The lowest BCUT2D eigenvalue weighted by molar-refractivity contribution is -0.137. The van der Waals surface area contributed by atoms with Gasteiger partial charge in [0.15, 0.2) is 5.11 Å². The number of hydrogen-bond acceptors (Lipinski definition) is 3. The lowest BCUT2D eigenvalue weighted by Gasteiger charge is -2.13. The average Bonchev–Trinajstić information content (AvgIpc) is 3.25. The second kappa shape index (κ2) is 9.31. The summed E-state index contributed by atoms with van der Waals surface area (Å²) >= 11 is 5.13. The lowest BCUT2D eigenvalue weighted by atomic mass is 10.1. The summed E-state index contributed by atoms with van der Waals surface area (Å²) in [5.41, 5.74) is 7.58. The fourth-order valence-electron chi connectivity index (χ4n) is 3.88. The Hall–Kier alpha value is -4.44. The Bertz CT molecular complexity index is 1600. The number of alkyl halides is 3. The first-order valence-electron chi connectivity index (χ1n) is 10.8. The van der Waals surface area contributed by atoms with Crippen molar-refractivity contribution in [2.24, 2.45) is 0 Å². The summed E-state index contributed by atoms with van der Waals surface area (Å²) < 4.78 is 38.8. The van der Waals surface area contributed by atoms with Crippen LogP contribution < -0.4 is 16.2 Å². The van der Waals surface area contributed by atoms with E-state index in [1.807, 2.05) is 54.6 Å². The minimum absolute atomic E-state index is 0.0841. The topological polar surface area (TPSA) is 81.8 Å². The van der Waals surface area contributed by atoms with Crippen molar-refractivity contribution in [3.63, 3.8) is 0 Å². The van der Waals surface area contributed by atoms with E-state index in [1.165, 1.54) is 12.1 Å². The van der Waals surface area contributed by atoms with Crippen LogP contribution in [0.3, 0.4) is 0 Å². The molecule has 0 aliphatic heterocycles. The first kappa shape index (κ1) is 23.3. The SMILES string of the molecule is O=C(NNC(=S)Nc1cccc(C(F)(F)F)c1)c1cc2c([nH]c3ccccc32)c(-c2ccccc2)n1. The van der Waals surface area contributed by atoms with Crippen LogP contribution in [0.5, 0.6) is 0 Å². The summed E-state index contributed by atoms with van der Waals surface area (Å²) in [6.45, 7) is 0. The van der Waals surface area contributed by atoms with E-state index < -0.39 is 17.6 Å². The molecule has 3 aromatic carbocycles. The largest absolute Gasteiger partial charge is 0.416 e. The number of rotatable bonds is 3. The van der Waals surface area contributed by atoms with Gasteiger partial charge in [0.1, 0.15) is 5.69 Å². The van der Waals surface area contributed by atoms with Gasteiger partial charge in [-0.3, -0.25) is 15.6 Å². The standard InChI is InChI=1S/C26H18F3N5OS/c27-26(28,29)16-9-6-10-17(13-16)30-25(36)34-33-24(35)21-14-19-18-11-4-5-12-20(18)31-23(19)22(32-21)15-7-2-1-3-8-15/h1-14,31H,(H,33,35)(H2,30,34,36). The fraction of sp³-hybridized carbons (Fsp3) is 0.0385. The summed E-state index contributed by atoms with van der Waals surface area (Å²) in [5.74, 6) is -0.562. The van der Waals surface area contributed by atoms with Crippen molar-refractivity contribution in [1.82, 2.24) is 20.8 Å². The van der Waals surface area contributed by atoms with E-state index in [2.05, 4.69) is 26.1 Å². The van der Waals surface area contributed by atoms with Gasteiger partial charge in [0.2, 0.25) is 0 Å². The molecule has 0 saturated heterocycles. The normalized spacial score (nSPS) is 11.4. The molecule has 0 fully saturated rings. The van der Waals surface area contributed by atoms with Crippen molar-refractivity contribution in [2.75, 3.05) is 5.32 Å². The molecule has 0 radical (unpaired) electrons. The number of carbonyl (C=O) groups is 1. The molecule has 0 saturated carbocycles. The van der Waals surface area contributed by atoms with E-state index >= 15 is 0 Å². The third-order valence-electron chi connectivity index (χ3n) is 5.51. The van der Waals surface area contributed by atoms with Crippen LogP contribution in [-0.2, 0) is 6.18 Å². The summed E-state index contributed by atoms with van der Waals surface area (Å²) in [5, 5.41) is 4.31. The molecule has 36 heavy (non-hydrogen) atoms. The van der Waals surface area contributed by atoms with Crippen molar-refractivity contribution in [2.45, 2.75) is 6.18 Å². The Kier molecular flexibility index (Phi) is 6.03. The molecule has 4 N–H and O–H groups in total. The third kappa shape index (κ3) is 4.71. The number of hydrazine groups is 1. The van der Waals surface area contributed by atoms with E-state index in [9.17, 15) is 18.0 Å². The Morgan fingerprint density at radius 2 is 1.61 bits per heavy atom. The van der Waals surface area contributed by atoms with Crippen LogP contribution in [0.15, 0.2) is 84.9 Å². The predicted molar refractivity (Wildman–Crippen MR) is 137 cm³/mol. The first-order valence-corrected chi connectivity index (χ1v) is 11.2. The predicted octanol–water partition coefficient (Wildman–Crippen LogP) is 6.03. The molecule has 0 atom stereocenters. The van der Waals surface area contributed by atoms with Gasteiger partial charge in [-0.1, -0.05) is 54.6 Å². The number of halogens is 3. The number of aromatic amines is 1. The van der Waals surface area contributed by atoms with Gasteiger partial charge in [-0.25, -0.2) is 4.98 Å². The molecule has 5 rings (SSSR count). The van der Waals surface area contributed by atoms with Crippen molar-refractivity contribution in [1.29, 1.82) is 0 Å². The van der Waals surface area contributed by atoms with E-state index in [1.54, 1.807) is 6.07 Å². The van der Waals surface area contributed by atoms with Crippen LogP contribution in [0.2, 0.25) is 0 Å². The van der Waals surface area contributed by atoms with Gasteiger partial charge in [-0.15, -0.1) is 0 Å². The van der Waals surface area contributed by atoms with Gasteiger partial charge in [0.05, 0.1) is 16.8 Å². The molecule has 1 amide bonds. The van der Waals surface area contributed by atoms with Crippen molar-refractivity contribution in [3.8, 4) is 11.3 Å². The number of hydrogen-bond donors (Lipinski definition) is 4. The molecular formula is C26H18F3N5OS. The van der Waals surface area contributed by atoms with E-state index in [0.29, 0.717) is 5.69 Å². The maximum atomic E-state index is 13.0. The zero-order chi connectivity index (χ0) is 25.3. The summed E-state index contributed by atoms with van der Waals surface area (Å²) in [6.07, 6.45) is -4.48. The number of para-hydroxylation sites is 1. The molecule has 5 aromatic rings. The Morgan fingerprint density at radius 1 is 0.861 bits per heavy atom. The monoisotopic (exact) mass is 505 g/mol. The van der Waals surface area contributed by atoms with Crippen LogP contribution in [0.4, 0.5) is 18.9 Å². The molecule has 2 aromatic heterocycles. The number of pyridine rings is 1. The number of aromatic nitrogens is 2. The summed E-state index contributed by atoms with van der Waals surface area (Å²) in [4.78, 5) is 21.0. The summed E-state index contributed by atoms with van der Waals surface area (Å²) in [6, 6.07) is 23.5. The first-order chi connectivity index (χ1) is 17.3. The highest BCUT2D eigenvalue weighted by Gasteiger charge is 2.30. The van der Waals surface area contributed by atoms with Gasteiger partial charge in [-0.05, 0) is 42.5 Å². The number of H-pyrrole nitrogens is 1. The van der Waals surface area contributed by atoms with E-state index in [4.69, 9.17) is 12.2 Å². The van der Waals surface area contributed by atoms with Crippen molar-refractivity contribution < 1.29 is 18.0 Å². The van der Waals surface area contributed by atoms with Crippen LogP contribution in [0.25, 0.3) is 33.1 Å². The minimum Gasteiger partial charge on any atom is -0.353 e. The smallest absolute Gasteiger partial charge is 0.353 e. The Balaban J connectivity index is 1.40. The highest BCUT2D eigenvalue weighted by atomic mass is 32.1. The second-order valence-electron chi connectivity index (χ2n) is 7.93. The quantitative estimate of drug-likeness (QED) is 0.178. The Labute approximate surface area is 208 Å². The number of nitrogens with zero attached hydrogens (tertiary/aromatic N) is 1. The van der Waals surface area contributed by atoms with Gasteiger partial charge >= 0.3 is 6.18 Å². The molecule has 0 unspecified atom stereocenters. The van der Waals surface area contributed by atoms with Crippen LogP contribution >= 0.6 is 12.2 Å². The molecule has 0 aliphatic rings. The maximum Gasteiger partial charge on any atom is 0.416 e. The van der Waals surface area contributed by atoms with Gasteiger partial charge in [0.25, 0.3) is 5.91 Å². The van der Waals surface area contributed by atoms with E-state index in [-0.39, 0.29) is 16.5 Å². The summed E-state index contributed by atoms with van der Waals surface area (Å²) in [7, 11) is 0. The molecular weight excluding hydrogens is 487 g/mol. The fourth-order valence-corrected chi connectivity index (χ4v) is 4.05. The minimum atomic E-state index is -4.48. The third-order valence-corrected chi connectivity index (χ3v) is 5.72. The number of fused-ring (bicyclic) bond motifs is 3. The van der Waals surface area contributed by atoms with Gasteiger partial charge in [-0.2, -0.15) is 13.2 Å². The zero-order valence-electron chi connectivity index (χ0n) is 18.5. The number of carbonyl (C=O) groups excluding carboxylic acids is 1. The molecule has 0 aliphatic carbocycles. The van der Waals surface area contributed by atoms with Crippen LogP contribution in [-0.4, -0.2) is 21.0 Å². The highest BCUT2D eigenvalue weighted by Crippen LogP contribution is 2.33. The lowest BCUT2D eigenvalue weighted by Crippen LogP contribution is -2.44. The molecule has 0 bridgehead atoms. The molecule has 2 heterocycles. The van der Waals surface area contributed by atoms with Gasteiger partial charge in [0, 0.05) is 27.5 Å². The number of benzene rings is 3. The zero-order valence-corrected chi connectivity index (χ0v) is 19.3. The van der Waals surface area contributed by atoms with Crippen molar-refractivity contribution >= 4 is 50.7 Å². The van der Waals surface area contributed by atoms with Gasteiger partial charge < -0.3 is 10.3 Å².